The van der Waals surface area contributed by atoms with Crippen molar-refractivity contribution in [2.75, 3.05) is 11.9 Å². The first-order chi connectivity index (χ1) is 9.70. The van der Waals surface area contributed by atoms with Crippen LogP contribution in [0.4, 0.5) is 5.69 Å². The zero-order valence-electron chi connectivity index (χ0n) is 11.0. The van der Waals surface area contributed by atoms with Gasteiger partial charge in [-0.3, -0.25) is 9.59 Å². The van der Waals surface area contributed by atoms with Gasteiger partial charge in [-0.05, 0) is 18.6 Å². The third-order valence-corrected chi connectivity index (χ3v) is 2.47. The van der Waals surface area contributed by atoms with Crippen LogP contribution in [-0.2, 0) is 9.59 Å². The summed E-state index contributed by atoms with van der Waals surface area (Å²) in [5.74, 6) is -0.736. The molecule has 7 heteroatoms. The second-order valence-electron chi connectivity index (χ2n) is 4.07. The second-order valence-corrected chi connectivity index (χ2v) is 4.07. The number of amides is 2. The molecule has 0 fully saturated rings. The van der Waals surface area contributed by atoms with Gasteiger partial charge in [-0.1, -0.05) is 13.0 Å². The largest absolute Gasteiger partial charge is 0.348 e. The van der Waals surface area contributed by atoms with Crippen molar-refractivity contribution >= 4 is 17.5 Å². The number of nitrogens with one attached hydrogen (secondary N) is 2. The lowest BCUT2D eigenvalue weighted by Gasteiger charge is -2.03. The minimum absolute atomic E-state index is 0.437. The molecule has 2 aromatic heterocycles. The normalized spacial score (nSPS) is 10.1. The summed E-state index contributed by atoms with van der Waals surface area (Å²) in [5.41, 5.74) is 0.437. The van der Waals surface area contributed by atoms with Gasteiger partial charge in [0.1, 0.15) is 0 Å². The van der Waals surface area contributed by atoms with Crippen LogP contribution in [0.5, 0.6) is 0 Å². The summed E-state index contributed by atoms with van der Waals surface area (Å²) in [7, 11) is 0. The van der Waals surface area contributed by atoms with Crippen molar-refractivity contribution in [1.29, 1.82) is 0 Å². The average Bonchev–Trinajstić information content (AvgIpc) is 2.94. The fourth-order valence-electron chi connectivity index (χ4n) is 1.51. The number of hydrogen-bond donors (Lipinski definition) is 2. The van der Waals surface area contributed by atoms with Crippen molar-refractivity contribution in [3.63, 3.8) is 0 Å². The number of rotatable bonds is 4. The quantitative estimate of drug-likeness (QED) is 0.804. The Labute approximate surface area is 116 Å². The molecule has 0 unspecified atom stereocenters. The van der Waals surface area contributed by atoms with Crippen molar-refractivity contribution in [3.8, 4) is 5.82 Å². The van der Waals surface area contributed by atoms with Crippen molar-refractivity contribution < 1.29 is 9.59 Å². The third-order valence-electron chi connectivity index (χ3n) is 2.47. The number of carbonyl (C=O) groups is 2. The Kier molecular flexibility index (Phi) is 4.43. The molecule has 2 aromatic rings. The van der Waals surface area contributed by atoms with Crippen LogP contribution >= 0.6 is 0 Å². The predicted octanol–water partition coefficient (Wildman–Crippen LogP) is 0.732. The van der Waals surface area contributed by atoms with Gasteiger partial charge in [-0.2, -0.15) is 5.10 Å². The molecule has 2 rings (SSSR count). The standard InChI is InChI=1S/C13H15N5O2/c1-2-6-15-12(19)13(20)17-10-8-16-18(9-10)11-5-3-4-7-14-11/h3-5,7-9H,2,6H2,1H3,(H,15,19)(H,17,20). The Balaban J connectivity index is 2.00. The summed E-state index contributed by atoms with van der Waals surface area (Å²) < 4.78 is 1.51. The van der Waals surface area contributed by atoms with Gasteiger partial charge in [-0.15, -0.1) is 0 Å². The van der Waals surface area contributed by atoms with E-state index in [0.717, 1.165) is 6.42 Å². The molecule has 2 heterocycles. The number of nitrogens with zero attached hydrogens (tertiary/aromatic N) is 3. The highest BCUT2D eigenvalue weighted by Crippen LogP contribution is 2.09. The Morgan fingerprint density at radius 3 is 2.85 bits per heavy atom. The van der Waals surface area contributed by atoms with E-state index >= 15 is 0 Å². The molecule has 2 N–H and O–H groups in total. The summed E-state index contributed by atoms with van der Waals surface area (Å²) >= 11 is 0. The lowest BCUT2D eigenvalue weighted by molar-refractivity contribution is -0.136. The molecule has 2 amide bonds. The highest BCUT2D eigenvalue weighted by molar-refractivity contribution is 6.39. The van der Waals surface area contributed by atoms with E-state index in [1.54, 1.807) is 24.5 Å². The molecular formula is C13H15N5O2. The highest BCUT2D eigenvalue weighted by atomic mass is 16.2. The topological polar surface area (TPSA) is 88.9 Å². The van der Waals surface area contributed by atoms with Crippen LogP contribution in [0.1, 0.15) is 13.3 Å². The zero-order valence-corrected chi connectivity index (χ0v) is 11.0. The Hall–Kier alpha value is -2.70. The van der Waals surface area contributed by atoms with E-state index in [1.165, 1.54) is 10.9 Å². The molecule has 0 bridgehead atoms. The molecule has 0 saturated heterocycles. The summed E-state index contributed by atoms with van der Waals surface area (Å²) in [5, 5.41) is 9.05. The van der Waals surface area contributed by atoms with Gasteiger partial charge < -0.3 is 10.6 Å². The fourth-order valence-corrected chi connectivity index (χ4v) is 1.51. The van der Waals surface area contributed by atoms with E-state index in [1.807, 2.05) is 13.0 Å². The Morgan fingerprint density at radius 1 is 1.30 bits per heavy atom. The minimum atomic E-state index is -0.709. The molecule has 0 radical (unpaired) electrons. The third kappa shape index (κ3) is 3.41. The fraction of sp³-hybridized carbons (Fsp3) is 0.231. The number of carbonyl (C=O) groups excluding carboxylic acids is 2. The molecule has 0 atom stereocenters. The van der Waals surface area contributed by atoms with Crippen molar-refractivity contribution in [2.24, 2.45) is 0 Å². The number of anilines is 1. The minimum Gasteiger partial charge on any atom is -0.348 e. The molecule has 0 saturated carbocycles. The predicted molar refractivity (Wildman–Crippen MR) is 73.3 cm³/mol. The first-order valence-electron chi connectivity index (χ1n) is 6.26. The van der Waals surface area contributed by atoms with E-state index in [4.69, 9.17) is 0 Å². The Morgan fingerprint density at radius 2 is 2.15 bits per heavy atom. The van der Waals surface area contributed by atoms with Crippen molar-refractivity contribution in [2.45, 2.75) is 13.3 Å². The monoisotopic (exact) mass is 273 g/mol. The van der Waals surface area contributed by atoms with Gasteiger partial charge in [0, 0.05) is 12.7 Å². The number of hydrogen-bond acceptors (Lipinski definition) is 4. The number of aromatic nitrogens is 3. The first-order valence-corrected chi connectivity index (χ1v) is 6.26. The molecule has 0 aliphatic carbocycles. The van der Waals surface area contributed by atoms with Crippen LogP contribution in [0, 0.1) is 0 Å². The zero-order chi connectivity index (χ0) is 14.4. The smallest absolute Gasteiger partial charge is 0.313 e. The molecule has 0 aromatic carbocycles. The van der Waals surface area contributed by atoms with E-state index in [9.17, 15) is 9.59 Å². The molecule has 0 spiro atoms. The lowest BCUT2D eigenvalue weighted by atomic mass is 10.4. The summed E-state index contributed by atoms with van der Waals surface area (Å²) in [4.78, 5) is 27.1. The highest BCUT2D eigenvalue weighted by Gasteiger charge is 2.13. The van der Waals surface area contributed by atoms with Crippen molar-refractivity contribution in [3.05, 3.63) is 36.8 Å². The SMILES string of the molecule is CCCNC(=O)C(=O)Nc1cnn(-c2ccccn2)c1. The average molecular weight is 273 g/mol. The van der Waals surface area contributed by atoms with E-state index in [0.29, 0.717) is 18.1 Å². The van der Waals surface area contributed by atoms with Crippen LogP contribution in [-0.4, -0.2) is 33.1 Å². The molecule has 0 aliphatic heterocycles. The molecule has 0 aliphatic rings. The van der Waals surface area contributed by atoms with Crippen LogP contribution in [0.2, 0.25) is 0 Å². The maximum atomic E-state index is 11.6. The molecular weight excluding hydrogens is 258 g/mol. The summed E-state index contributed by atoms with van der Waals surface area (Å²) in [6, 6.07) is 5.42. The van der Waals surface area contributed by atoms with Gasteiger partial charge in [0.15, 0.2) is 5.82 Å². The van der Waals surface area contributed by atoms with E-state index < -0.39 is 11.8 Å². The van der Waals surface area contributed by atoms with Crippen LogP contribution in [0.3, 0.4) is 0 Å². The van der Waals surface area contributed by atoms with E-state index in [-0.39, 0.29) is 0 Å². The van der Waals surface area contributed by atoms with Crippen LogP contribution < -0.4 is 10.6 Å². The van der Waals surface area contributed by atoms with Gasteiger partial charge in [0.05, 0.1) is 18.1 Å². The summed E-state index contributed by atoms with van der Waals surface area (Å²) in [6.07, 6.45) is 5.47. The molecule has 20 heavy (non-hydrogen) atoms. The van der Waals surface area contributed by atoms with Crippen molar-refractivity contribution in [1.82, 2.24) is 20.1 Å². The van der Waals surface area contributed by atoms with Gasteiger partial charge in [-0.25, -0.2) is 9.67 Å². The second kappa shape index (κ2) is 6.46. The lowest BCUT2D eigenvalue weighted by Crippen LogP contribution is -2.35. The summed E-state index contributed by atoms with van der Waals surface area (Å²) in [6.45, 7) is 2.38. The molecule has 7 nitrogen and oxygen atoms in total. The van der Waals surface area contributed by atoms with Crippen LogP contribution in [0.15, 0.2) is 36.8 Å². The van der Waals surface area contributed by atoms with E-state index in [2.05, 4.69) is 20.7 Å². The first kappa shape index (κ1) is 13.7. The van der Waals surface area contributed by atoms with Crippen LogP contribution in [0.25, 0.3) is 5.82 Å². The maximum absolute atomic E-state index is 11.6. The van der Waals surface area contributed by atoms with Gasteiger partial charge >= 0.3 is 11.8 Å². The van der Waals surface area contributed by atoms with Gasteiger partial charge in [0.2, 0.25) is 0 Å². The maximum Gasteiger partial charge on any atom is 0.313 e. The van der Waals surface area contributed by atoms with Gasteiger partial charge in [0.25, 0.3) is 0 Å². The Bertz CT molecular complexity index is 594. The number of pyridine rings is 1. The molecule has 104 valence electrons.